The molecule has 2 aliphatic rings. The molecule has 21 heavy (non-hydrogen) atoms. The first kappa shape index (κ1) is 15.2. The number of halogens is 1. The number of fused-ring (bicyclic) bond motifs is 2. The minimum absolute atomic E-state index is 0.0895. The number of benzene rings is 1. The predicted molar refractivity (Wildman–Crippen MR) is 93.3 cm³/mol. The Kier molecular flexibility index (Phi) is 4.51. The fourth-order valence-electron chi connectivity index (χ4n) is 3.70. The van der Waals surface area contributed by atoms with E-state index in [4.69, 9.17) is 5.73 Å². The molecule has 5 heteroatoms. The maximum atomic E-state index is 12.3. The second kappa shape index (κ2) is 6.22. The lowest BCUT2D eigenvalue weighted by Gasteiger charge is -2.37. The summed E-state index contributed by atoms with van der Waals surface area (Å²) < 4.78 is 1.19. The first-order chi connectivity index (χ1) is 10.0. The Bertz CT molecular complexity index is 534. The lowest BCUT2D eigenvalue weighted by molar-refractivity contribution is -0.118. The van der Waals surface area contributed by atoms with Crippen LogP contribution in [0.5, 0.6) is 0 Å². The number of carbonyl (C=O) groups excluding carboxylic acids is 1. The van der Waals surface area contributed by atoms with Crippen molar-refractivity contribution in [2.75, 3.05) is 11.9 Å². The second-order valence-electron chi connectivity index (χ2n) is 6.30. The summed E-state index contributed by atoms with van der Waals surface area (Å²) in [5, 5.41) is 3.05. The summed E-state index contributed by atoms with van der Waals surface area (Å²) in [6, 6.07) is 7.41. The molecule has 2 heterocycles. The smallest absolute Gasteiger partial charge is 0.238 e. The number of amides is 1. The van der Waals surface area contributed by atoms with Crippen LogP contribution >= 0.6 is 22.6 Å². The Morgan fingerprint density at radius 1 is 1.38 bits per heavy atom. The van der Waals surface area contributed by atoms with Crippen molar-refractivity contribution in [2.24, 2.45) is 5.73 Å². The molecule has 2 saturated heterocycles. The number of piperidine rings is 1. The van der Waals surface area contributed by atoms with Crippen molar-refractivity contribution in [3.05, 3.63) is 27.3 Å². The molecule has 0 spiro atoms. The van der Waals surface area contributed by atoms with E-state index in [2.05, 4.69) is 38.9 Å². The van der Waals surface area contributed by atoms with Gasteiger partial charge in [0.05, 0.1) is 6.54 Å². The van der Waals surface area contributed by atoms with Crippen LogP contribution in [-0.2, 0) is 4.79 Å². The topological polar surface area (TPSA) is 58.4 Å². The Hall–Kier alpha value is -0.660. The molecule has 0 aromatic heterocycles. The van der Waals surface area contributed by atoms with E-state index < -0.39 is 0 Å². The average Bonchev–Trinajstić information content (AvgIpc) is 2.66. The molecule has 0 radical (unpaired) electrons. The van der Waals surface area contributed by atoms with Crippen molar-refractivity contribution >= 4 is 34.2 Å². The van der Waals surface area contributed by atoms with Gasteiger partial charge in [-0.3, -0.25) is 9.69 Å². The highest BCUT2D eigenvalue weighted by molar-refractivity contribution is 14.1. The molecule has 1 amide bonds. The number of hydrogen-bond donors (Lipinski definition) is 2. The Morgan fingerprint density at radius 3 is 2.67 bits per heavy atom. The maximum absolute atomic E-state index is 12.3. The molecule has 2 unspecified atom stereocenters. The Morgan fingerprint density at radius 2 is 2.05 bits per heavy atom. The molecule has 4 nitrogen and oxygen atoms in total. The first-order valence-corrected chi connectivity index (χ1v) is 8.68. The van der Waals surface area contributed by atoms with E-state index >= 15 is 0 Å². The summed E-state index contributed by atoms with van der Waals surface area (Å²) in [5.41, 5.74) is 8.11. The maximum Gasteiger partial charge on any atom is 0.238 e. The van der Waals surface area contributed by atoms with Crippen LogP contribution in [0.25, 0.3) is 0 Å². The highest BCUT2D eigenvalue weighted by Crippen LogP contribution is 2.34. The lowest BCUT2D eigenvalue weighted by atomic mass is 9.98. The third kappa shape index (κ3) is 3.40. The molecule has 2 aliphatic heterocycles. The molecule has 2 fully saturated rings. The minimum atomic E-state index is 0.0895. The van der Waals surface area contributed by atoms with E-state index in [1.54, 1.807) is 0 Å². The Balaban J connectivity index is 1.62. The lowest BCUT2D eigenvalue weighted by Crippen LogP contribution is -2.49. The fourth-order valence-corrected chi connectivity index (χ4v) is 4.34. The number of nitrogens with one attached hydrogen (secondary N) is 1. The van der Waals surface area contributed by atoms with Gasteiger partial charge in [-0.1, -0.05) is 0 Å². The summed E-state index contributed by atoms with van der Waals surface area (Å²) in [6.45, 7) is 2.52. The average molecular weight is 399 g/mol. The summed E-state index contributed by atoms with van der Waals surface area (Å²) >= 11 is 2.28. The number of nitrogens with zero attached hydrogens (tertiary/aromatic N) is 1. The molecule has 3 N–H and O–H groups in total. The molecular weight excluding hydrogens is 377 g/mol. The van der Waals surface area contributed by atoms with Crippen LogP contribution in [0.2, 0.25) is 0 Å². The third-order valence-corrected chi connectivity index (χ3v) is 5.38. The zero-order valence-electron chi connectivity index (χ0n) is 12.3. The first-order valence-electron chi connectivity index (χ1n) is 7.60. The van der Waals surface area contributed by atoms with Gasteiger partial charge in [-0.2, -0.15) is 0 Å². The zero-order valence-corrected chi connectivity index (χ0v) is 14.5. The number of nitrogens with two attached hydrogens (primary N) is 1. The van der Waals surface area contributed by atoms with E-state index in [1.165, 1.54) is 16.4 Å². The van der Waals surface area contributed by atoms with Gasteiger partial charge in [-0.05, 0) is 79.0 Å². The summed E-state index contributed by atoms with van der Waals surface area (Å²) in [6.07, 6.45) is 4.45. The van der Waals surface area contributed by atoms with E-state index in [0.717, 1.165) is 24.1 Å². The van der Waals surface area contributed by atoms with Gasteiger partial charge in [0.1, 0.15) is 0 Å². The van der Waals surface area contributed by atoms with Gasteiger partial charge in [-0.15, -0.1) is 0 Å². The highest BCUT2D eigenvalue weighted by Gasteiger charge is 2.40. The van der Waals surface area contributed by atoms with Gasteiger partial charge in [0.25, 0.3) is 0 Å². The van der Waals surface area contributed by atoms with Gasteiger partial charge < -0.3 is 11.1 Å². The molecule has 3 rings (SSSR count). The summed E-state index contributed by atoms with van der Waals surface area (Å²) in [5.74, 6) is 0.0895. The van der Waals surface area contributed by atoms with Crippen molar-refractivity contribution in [1.29, 1.82) is 0 Å². The quantitative estimate of drug-likeness (QED) is 0.768. The molecule has 0 saturated carbocycles. The highest BCUT2D eigenvalue weighted by atomic mass is 127. The summed E-state index contributed by atoms with van der Waals surface area (Å²) in [4.78, 5) is 14.7. The van der Waals surface area contributed by atoms with Crippen molar-refractivity contribution < 1.29 is 4.79 Å². The van der Waals surface area contributed by atoms with Crippen LogP contribution < -0.4 is 11.1 Å². The number of hydrogen-bond acceptors (Lipinski definition) is 3. The number of rotatable bonds is 3. The van der Waals surface area contributed by atoms with Gasteiger partial charge in [0.15, 0.2) is 0 Å². The van der Waals surface area contributed by atoms with Gasteiger partial charge in [-0.25, -0.2) is 0 Å². The van der Waals surface area contributed by atoms with Gasteiger partial charge >= 0.3 is 0 Å². The number of anilines is 1. The fraction of sp³-hybridized carbons (Fsp3) is 0.562. The standard InChI is InChI=1S/C16H22IN3O/c1-10-6-11(17)2-5-15(10)19-16(21)9-20-13-3-4-14(20)8-12(18)7-13/h2,5-6,12-14H,3-4,7-9,18H2,1H3,(H,19,21). The Labute approximate surface area is 139 Å². The number of carbonyl (C=O) groups is 1. The molecule has 0 aliphatic carbocycles. The predicted octanol–water partition coefficient (Wildman–Crippen LogP) is 2.49. The van der Waals surface area contributed by atoms with Crippen LogP contribution in [0.1, 0.15) is 31.2 Å². The third-order valence-electron chi connectivity index (χ3n) is 4.71. The minimum Gasteiger partial charge on any atom is -0.328 e. The van der Waals surface area contributed by atoms with E-state index in [9.17, 15) is 4.79 Å². The van der Waals surface area contributed by atoms with Crippen molar-refractivity contribution in [3.63, 3.8) is 0 Å². The van der Waals surface area contributed by atoms with Crippen LogP contribution in [0.3, 0.4) is 0 Å². The molecular formula is C16H22IN3O. The van der Waals surface area contributed by atoms with Crippen LogP contribution in [-0.4, -0.2) is 35.5 Å². The molecule has 2 atom stereocenters. The van der Waals surface area contributed by atoms with Gasteiger partial charge in [0, 0.05) is 27.4 Å². The number of aryl methyl sites for hydroxylation is 1. The van der Waals surface area contributed by atoms with Crippen molar-refractivity contribution in [2.45, 2.75) is 50.7 Å². The van der Waals surface area contributed by atoms with E-state index in [1.807, 2.05) is 19.1 Å². The van der Waals surface area contributed by atoms with Crippen LogP contribution in [0.15, 0.2) is 18.2 Å². The van der Waals surface area contributed by atoms with E-state index in [0.29, 0.717) is 24.7 Å². The van der Waals surface area contributed by atoms with E-state index in [-0.39, 0.29) is 5.91 Å². The normalized spacial score (nSPS) is 28.6. The zero-order chi connectivity index (χ0) is 15.0. The second-order valence-corrected chi connectivity index (χ2v) is 7.54. The summed E-state index contributed by atoms with van der Waals surface area (Å²) in [7, 11) is 0. The van der Waals surface area contributed by atoms with Crippen molar-refractivity contribution in [3.8, 4) is 0 Å². The van der Waals surface area contributed by atoms with Gasteiger partial charge in [0.2, 0.25) is 5.91 Å². The van der Waals surface area contributed by atoms with Crippen LogP contribution in [0.4, 0.5) is 5.69 Å². The molecule has 2 bridgehead atoms. The molecule has 114 valence electrons. The molecule has 1 aromatic carbocycles. The van der Waals surface area contributed by atoms with Crippen molar-refractivity contribution in [1.82, 2.24) is 4.90 Å². The SMILES string of the molecule is Cc1cc(I)ccc1NC(=O)CN1C2CCC1CC(N)C2. The van der Waals surface area contributed by atoms with Crippen LogP contribution in [0, 0.1) is 10.5 Å². The molecule has 1 aromatic rings. The monoisotopic (exact) mass is 399 g/mol. The largest absolute Gasteiger partial charge is 0.328 e.